The number of rotatable bonds is 5. The van der Waals surface area contributed by atoms with Crippen LogP contribution in [0.2, 0.25) is 0 Å². The number of hydrogen-bond acceptors (Lipinski definition) is 2. The molecule has 0 fully saturated rings. The molecule has 302 valence electrons. The number of benzene rings is 8. The van der Waals surface area contributed by atoms with Gasteiger partial charge < -0.3 is 9.80 Å². The normalized spacial score (nSPS) is 14.5. The lowest BCUT2D eigenvalue weighted by Gasteiger charge is -2.51. The molecule has 0 spiro atoms. The van der Waals surface area contributed by atoms with Gasteiger partial charge in [-0.25, -0.2) is 0 Å². The van der Waals surface area contributed by atoms with Gasteiger partial charge in [0.1, 0.15) is 0 Å². The summed E-state index contributed by atoms with van der Waals surface area (Å²) in [5, 5.41) is 0. The molecule has 0 unspecified atom stereocenters. The van der Waals surface area contributed by atoms with Gasteiger partial charge >= 0.3 is 0 Å². The lowest BCUT2D eigenvalue weighted by molar-refractivity contribution is 0.590. The SMILES string of the molecule is Cc1cc2c3c(c1)N(c1ccccc1-c1ccc(C(C)(C)C)cc1)c1cccc4c1B3c1c(cccc1C4(C)c1ccccc1)N2c1ccccc1-c1ccc(C(C)(C)C)cc1. The molecule has 0 atom stereocenters. The van der Waals surface area contributed by atoms with Crippen molar-refractivity contribution in [3.63, 3.8) is 0 Å². The maximum absolute atomic E-state index is 2.60. The van der Waals surface area contributed by atoms with Crippen molar-refractivity contribution in [1.82, 2.24) is 0 Å². The first-order chi connectivity index (χ1) is 29.8. The summed E-state index contributed by atoms with van der Waals surface area (Å²) in [6, 6.07) is 66.9. The first-order valence-electron chi connectivity index (χ1n) is 22.3. The van der Waals surface area contributed by atoms with Crippen molar-refractivity contribution in [3.05, 3.63) is 209 Å². The third-order valence-electron chi connectivity index (χ3n) is 14.1. The standard InChI is InChI=1S/C59H53BN2/c1-38-36-52-56-53(37-38)62(49-25-15-13-21-45(49)40-30-34-42(35-31-40)58(5,6)7)51-27-17-23-47-55(51)60(56)54-46(59(47,8)43-18-10-9-11-19-43)22-16-26-50(54)61(52)48-24-14-12-20-44(48)39-28-32-41(33-29-39)57(2,3)4/h9-37H,1-8H3. The summed E-state index contributed by atoms with van der Waals surface area (Å²) < 4.78 is 0. The predicted molar refractivity (Wildman–Crippen MR) is 265 cm³/mol. The van der Waals surface area contributed by atoms with Gasteiger partial charge in [-0.1, -0.05) is 181 Å². The highest BCUT2D eigenvalue weighted by Crippen LogP contribution is 2.53. The van der Waals surface area contributed by atoms with Gasteiger partial charge in [-0.05, 0) is 122 Å². The number of para-hydroxylation sites is 2. The highest BCUT2D eigenvalue weighted by atomic mass is 15.2. The topological polar surface area (TPSA) is 6.48 Å². The molecule has 0 aliphatic carbocycles. The van der Waals surface area contributed by atoms with Crippen molar-refractivity contribution in [2.45, 2.75) is 71.6 Å². The summed E-state index contributed by atoms with van der Waals surface area (Å²) in [6.07, 6.45) is 0. The first-order valence-corrected chi connectivity index (χ1v) is 22.3. The van der Waals surface area contributed by atoms with Crippen molar-refractivity contribution in [3.8, 4) is 22.3 Å². The minimum atomic E-state index is -0.407. The minimum absolute atomic E-state index is 0.0544. The van der Waals surface area contributed by atoms with Crippen LogP contribution in [0.4, 0.5) is 34.1 Å². The summed E-state index contributed by atoms with van der Waals surface area (Å²) >= 11 is 0. The fourth-order valence-electron chi connectivity index (χ4n) is 11.0. The van der Waals surface area contributed by atoms with E-state index < -0.39 is 5.41 Å². The van der Waals surface area contributed by atoms with Crippen LogP contribution < -0.4 is 26.2 Å². The third kappa shape index (κ3) is 5.63. The average Bonchev–Trinajstić information content (AvgIpc) is 3.28. The Hall–Kier alpha value is -6.58. The Morgan fingerprint density at radius 3 is 1.24 bits per heavy atom. The van der Waals surface area contributed by atoms with Crippen LogP contribution in [-0.4, -0.2) is 6.71 Å². The lowest BCUT2D eigenvalue weighted by Crippen LogP contribution is -2.67. The summed E-state index contributed by atoms with van der Waals surface area (Å²) in [7, 11) is 0. The van der Waals surface area contributed by atoms with E-state index in [2.05, 4.69) is 241 Å². The van der Waals surface area contributed by atoms with Gasteiger partial charge in [-0.3, -0.25) is 0 Å². The van der Waals surface area contributed by atoms with Crippen molar-refractivity contribution in [2.24, 2.45) is 0 Å². The van der Waals surface area contributed by atoms with Gasteiger partial charge in [-0.15, -0.1) is 0 Å². The van der Waals surface area contributed by atoms with Gasteiger partial charge in [0.25, 0.3) is 6.71 Å². The minimum Gasteiger partial charge on any atom is -0.311 e. The molecule has 3 aliphatic heterocycles. The summed E-state index contributed by atoms with van der Waals surface area (Å²) in [6.45, 7) is 18.5. The molecule has 0 aromatic heterocycles. The zero-order chi connectivity index (χ0) is 42.7. The van der Waals surface area contributed by atoms with Crippen LogP contribution in [0.1, 0.15) is 81.8 Å². The monoisotopic (exact) mass is 800 g/mol. The van der Waals surface area contributed by atoms with E-state index in [1.165, 1.54) is 106 Å². The van der Waals surface area contributed by atoms with Gasteiger partial charge in [-0.2, -0.15) is 0 Å². The van der Waals surface area contributed by atoms with E-state index in [1.807, 2.05) is 0 Å². The van der Waals surface area contributed by atoms with Gasteiger partial charge in [0.15, 0.2) is 0 Å². The zero-order valence-corrected chi connectivity index (χ0v) is 37.2. The maximum Gasteiger partial charge on any atom is 0.252 e. The summed E-state index contributed by atoms with van der Waals surface area (Å²) in [5.41, 5.74) is 24.1. The van der Waals surface area contributed by atoms with Crippen molar-refractivity contribution >= 4 is 57.2 Å². The Bertz CT molecular complexity index is 2870. The van der Waals surface area contributed by atoms with Crippen LogP contribution in [0.15, 0.2) is 176 Å². The first kappa shape index (κ1) is 38.4. The van der Waals surface area contributed by atoms with E-state index in [0.29, 0.717) is 0 Å². The van der Waals surface area contributed by atoms with E-state index in [4.69, 9.17) is 0 Å². The van der Waals surface area contributed by atoms with E-state index in [9.17, 15) is 0 Å². The van der Waals surface area contributed by atoms with Crippen LogP contribution in [0.3, 0.4) is 0 Å². The summed E-state index contributed by atoms with van der Waals surface area (Å²) in [5.74, 6) is 0. The van der Waals surface area contributed by atoms with Crippen molar-refractivity contribution in [1.29, 1.82) is 0 Å². The molecule has 3 aliphatic rings. The highest BCUT2D eigenvalue weighted by Gasteiger charge is 2.53. The molecule has 0 saturated carbocycles. The smallest absolute Gasteiger partial charge is 0.252 e. The molecule has 0 N–H and O–H groups in total. The van der Waals surface area contributed by atoms with E-state index in [0.717, 1.165) is 0 Å². The van der Waals surface area contributed by atoms with Crippen LogP contribution in [0.5, 0.6) is 0 Å². The van der Waals surface area contributed by atoms with Gasteiger partial charge in [0.2, 0.25) is 0 Å². The number of aryl methyl sites for hydroxylation is 1. The molecule has 8 aromatic rings. The molecule has 0 saturated heterocycles. The number of anilines is 6. The van der Waals surface area contributed by atoms with Crippen LogP contribution in [0, 0.1) is 6.92 Å². The highest BCUT2D eigenvalue weighted by molar-refractivity contribution is 7.01. The Morgan fingerprint density at radius 2 is 0.806 bits per heavy atom. The van der Waals surface area contributed by atoms with Crippen molar-refractivity contribution < 1.29 is 0 Å². The molecule has 3 heteroatoms. The second-order valence-electron chi connectivity index (χ2n) is 20.0. The molecule has 11 rings (SSSR count). The second-order valence-corrected chi connectivity index (χ2v) is 20.0. The van der Waals surface area contributed by atoms with Crippen LogP contribution >= 0.6 is 0 Å². The maximum atomic E-state index is 2.60. The fourth-order valence-corrected chi connectivity index (χ4v) is 11.0. The third-order valence-corrected chi connectivity index (χ3v) is 14.1. The van der Waals surface area contributed by atoms with E-state index in [-0.39, 0.29) is 17.5 Å². The Morgan fingerprint density at radius 1 is 0.403 bits per heavy atom. The van der Waals surface area contributed by atoms with E-state index in [1.54, 1.807) is 0 Å². The van der Waals surface area contributed by atoms with Crippen molar-refractivity contribution in [2.75, 3.05) is 9.80 Å². The Labute approximate surface area is 368 Å². The zero-order valence-electron chi connectivity index (χ0n) is 37.2. The lowest BCUT2D eigenvalue weighted by atomic mass is 9.28. The van der Waals surface area contributed by atoms with Crippen LogP contribution in [0.25, 0.3) is 22.3 Å². The molecule has 62 heavy (non-hydrogen) atoms. The number of hydrogen-bond donors (Lipinski definition) is 0. The molecular formula is C59H53BN2. The Kier molecular flexibility index (Phi) is 8.48. The average molecular weight is 801 g/mol. The van der Waals surface area contributed by atoms with Crippen LogP contribution in [-0.2, 0) is 16.2 Å². The second kappa shape index (κ2) is 13.7. The van der Waals surface area contributed by atoms with Gasteiger partial charge in [0.05, 0.1) is 11.4 Å². The van der Waals surface area contributed by atoms with E-state index >= 15 is 0 Å². The molecule has 0 amide bonds. The molecule has 0 radical (unpaired) electrons. The largest absolute Gasteiger partial charge is 0.311 e. The molecule has 2 nitrogen and oxygen atoms in total. The molecular weight excluding hydrogens is 747 g/mol. The molecule has 8 aromatic carbocycles. The quantitative estimate of drug-likeness (QED) is 0.160. The Balaban J connectivity index is 1.23. The number of nitrogens with zero attached hydrogens (tertiary/aromatic N) is 2. The molecule has 0 bridgehead atoms. The summed E-state index contributed by atoms with van der Waals surface area (Å²) in [4.78, 5) is 5.21. The van der Waals surface area contributed by atoms with Gasteiger partial charge in [0, 0.05) is 39.3 Å². The fraction of sp³-hybridized carbons (Fsp3) is 0.186. The molecule has 3 heterocycles. The predicted octanol–water partition coefficient (Wildman–Crippen LogP) is 13.7.